The number of allylic oxidation sites excluding steroid dienone is 5. The molecule has 0 aromatic carbocycles. The number of rotatable bonds is 1. The van der Waals surface area contributed by atoms with Crippen LogP contribution in [0.25, 0.3) is 0 Å². The van der Waals surface area contributed by atoms with Crippen molar-refractivity contribution in [3.05, 3.63) is 36.1 Å². The lowest BCUT2D eigenvalue weighted by Gasteiger charge is -2.14. The van der Waals surface area contributed by atoms with E-state index in [0.29, 0.717) is 0 Å². The first-order valence-electron chi connectivity index (χ1n) is 3.40. The van der Waals surface area contributed by atoms with Gasteiger partial charge < -0.3 is 5.73 Å². The molecule has 0 amide bonds. The summed E-state index contributed by atoms with van der Waals surface area (Å²) in [4.78, 5) is 0. The van der Waals surface area contributed by atoms with Crippen LogP contribution in [-0.4, -0.2) is 7.94 Å². The molecule has 11 heavy (non-hydrogen) atoms. The molecule has 0 heterocycles. The van der Waals surface area contributed by atoms with Crippen molar-refractivity contribution in [3.8, 4) is 0 Å². The highest BCUT2D eigenvalue weighted by atomic mass is 127. The zero-order valence-electron chi connectivity index (χ0n) is 6.55. The van der Waals surface area contributed by atoms with Gasteiger partial charge in [0, 0.05) is 5.70 Å². The molecule has 0 saturated carbocycles. The lowest BCUT2D eigenvalue weighted by atomic mass is 10.1. The third kappa shape index (κ3) is 2.29. The lowest BCUT2D eigenvalue weighted by Crippen LogP contribution is -2.10. The maximum Gasteiger partial charge on any atom is 0.0525 e. The normalized spacial score (nSPS) is 29.7. The number of hydrogen-bond acceptors (Lipinski definition) is 1. The second-order valence-corrected chi connectivity index (χ2v) is 5.73. The van der Waals surface area contributed by atoms with Crippen LogP contribution in [0.1, 0.15) is 6.92 Å². The summed E-state index contributed by atoms with van der Waals surface area (Å²) in [6.45, 7) is 2.17. The molecule has 1 rings (SSSR count). The average molecular weight is 261 g/mol. The monoisotopic (exact) mass is 261 g/mol. The molecule has 1 atom stereocenters. The molecule has 0 saturated heterocycles. The summed E-state index contributed by atoms with van der Waals surface area (Å²) in [5.74, 6) is 0. The molecule has 1 aliphatic rings. The Morgan fingerprint density at radius 2 is 2.27 bits per heavy atom. The summed E-state index contributed by atoms with van der Waals surface area (Å²) in [5, 5.41) is 0. The van der Waals surface area contributed by atoms with E-state index < -0.39 is 0 Å². The van der Waals surface area contributed by atoms with E-state index in [9.17, 15) is 0 Å². The van der Waals surface area contributed by atoms with E-state index in [4.69, 9.17) is 5.73 Å². The van der Waals surface area contributed by atoms with Crippen LogP contribution in [0.5, 0.6) is 0 Å². The van der Waals surface area contributed by atoms with E-state index in [1.54, 1.807) is 0 Å². The Hall–Kier alpha value is -0.380. The molecule has 1 aliphatic carbocycles. The van der Waals surface area contributed by atoms with E-state index in [0.717, 1.165) is 5.70 Å². The predicted octanol–water partition coefficient (Wildman–Crippen LogP) is 2.12. The minimum absolute atomic E-state index is 0.0753. The molecule has 2 N–H and O–H groups in total. The summed E-state index contributed by atoms with van der Waals surface area (Å²) in [7, 11) is 0. The first-order chi connectivity index (χ1) is 5.16. The molecule has 0 aromatic rings. The van der Waals surface area contributed by atoms with Crippen LogP contribution in [0.4, 0.5) is 0 Å². The molecular formula is C9H12IN. The summed E-state index contributed by atoms with van der Waals surface area (Å²) in [6.07, 6.45) is 10.2. The van der Waals surface area contributed by atoms with Crippen molar-refractivity contribution in [1.82, 2.24) is 0 Å². The Balaban J connectivity index is 3.01. The van der Waals surface area contributed by atoms with E-state index in [2.05, 4.69) is 23.6 Å². The maximum absolute atomic E-state index is 5.71. The van der Waals surface area contributed by atoms with E-state index in [1.165, 1.54) is 0 Å². The molecule has 1 unspecified atom stereocenters. The van der Waals surface area contributed by atoms with E-state index in [-0.39, 0.29) is 24.2 Å². The summed E-state index contributed by atoms with van der Waals surface area (Å²) in [5.41, 5.74) is 6.56. The van der Waals surface area contributed by atoms with Crippen LogP contribution in [0, 0.1) is 0 Å². The predicted molar refractivity (Wildman–Crippen MR) is 60.1 cm³/mol. The zero-order chi connectivity index (χ0) is 8.32. The van der Waals surface area contributed by atoms with Gasteiger partial charge in [0.15, 0.2) is 0 Å². The molecule has 60 valence electrons. The molecule has 0 radical (unpaired) electrons. The van der Waals surface area contributed by atoms with Gasteiger partial charge in [-0.1, -0.05) is 22.7 Å². The van der Waals surface area contributed by atoms with Crippen LogP contribution in [0.15, 0.2) is 36.1 Å². The SMILES string of the molecule is C=IC1(C)C=CC=CC(N)=C1. The maximum atomic E-state index is 5.71. The van der Waals surface area contributed by atoms with Gasteiger partial charge >= 0.3 is 0 Å². The molecule has 0 fully saturated rings. The average Bonchev–Trinajstić information content (AvgIpc) is 2.13. The fraction of sp³-hybridized carbons (Fsp3) is 0.222. The number of halogens is 1. The molecular weight excluding hydrogens is 249 g/mol. The lowest BCUT2D eigenvalue weighted by molar-refractivity contribution is 1.04. The summed E-state index contributed by atoms with van der Waals surface area (Å²) < 4.78 is 4.13. The first kappa shape index (κ1) is 8.71. The Morgan fingerprint density at radius 3 is 2.91 bits per heavy atom. The van der Waals surface area contributed by atoms with Crippen LogP contribution < -0.4 is 5.73 Å². The van der Waals surface area contributed by atoms with Crippen molar-refractivity contribution in [2.75, 3.05) is 0 Å². The fourth-order valence-electron chi connectivity index (χ4n) is 0.916. The van der Waals surface area contributed by atoms with Crippen molar-refractivity contribution >= 4 is 25.2 Å². The molecule has 2 heteroatoms. The van der Waals surface area contributed by atoms with Crippen molar-refractivity contribution in [2.45, 2.75) is 10.3 Å². The highest BCUT2D eigenvalue weighted by Gasteiger charge is 2.14. The van der Waals surface area contributed by atoms with Gasteiger partial charge in [-0.3, -0.25) is 0 Å². The number of hydrogen-bond donors (Lipinski definition) is 1. The quantitative estimate of drug-likeness (QED) is 0.568. The standard InChI is InChI=1S/C9H12IN/c1-9(10-2)6-4-3-5-8(11)7-9/h3-7H,2,11H2,1H3. The van der Waals surface area contributed by atoms with Crippen LogP contribution in [-0.2, 0) is 0 Å². The fourth-order valence-corrected chi connectivity index (χ4v) is 1.96. The summed E-state index contributed by atoms with van der Waals surface area (Å²) >= 11 is -0.0753. The third-order valence-corrected chi connectivity index (χ3v) is 3.87. The van der Waals surface area contributed by atoms with Gasteiger partial charge in [-0.15, -0.1) is 20.7 Å². The molecule has 0 spiro atoms. The van der Waals surface area contributed by atoms with Gasteiger partial charge in [0.25, 0.3) is 0 Å². The van der Waals surface area contributed by atoms with Crippen LogP contribution in [0.2, 0.25) is 0 Å². The first-order valence-corrected chi connectivity index (χ1v) is 6.00. The Labute approximate surface area is 77.4 Å². The van der Waals surface area contributed by atoms with Crippen LogP contribution in [0.3, 0.4) is 0 Å². The highest BCUT2D eigenvalue weighted by Crippen LogP contribution is 2.28. The number of alkyl halides is 1. The molecule has 1 nitrogen and oxygen atoms in total. The third-order valence-electron chi connectivity index (χ3n) is 1.56. The highest BCUT2D eigenvalue weighted by molar-refractivity contribution is 14.2. The second-order valence-electron chi connectivity index (χ2n) is 2.65. The molecule has 0 aromatic heterocycles. The zero-order valence-corrected chi connectivity index (χ0v) is 8.71. The van der Waals surface area contributed by atoms with Crippen LogP contribution >= 0.6 is 20.7 Å². The van der Waals surface area contributed by atoms with Gasteiger partial charge in [-0.25, -0.2) is 0 Å². The van der Waals surface area contributed by atoms with Crippen molar-refractivity contribution in [3.63, 3.8) is 0 Å². The van der Waals surface area contributed by atoms with Crippen molar-refractivity contribution < 1.29 is 0 Å². The van der Waals surface area contributed by atoms with E-state index >= 15 is 0 Å². The molecule has 0 aliphatic heterocycles. The van der Waals surface area contributed by atoms with Crippen molar-refractivity contribution in [2.24, 2.45) is 5.73 Å². The van der Waals surface area contributed by atoms with Gasteiger partial charge in [0.2, 0.25) is 0 Å². The second kappa shape index (κ2) is 3.34. The van der Waals surface area contributed by atoms with Crippen molar-refractivity contribution in [1.29, 1.82) is 0 Å². The Kier molecular flexibility index (Phi) is 2.65. The summed E-state index contributed by atoms with van der Waals surface area (Å²) in [6, 6.07) is 0. The number of nitrogens with two attached hydrogens (primary N) is 1. The largest absolute Gasteiger partial charge is 0.399 e. The Morgan fingerprint density at radius 1 is 1.55 bits per heavy atom. The minimum atomic E-state index is -0.0753. The smallest absolute Gasteiger partial charge is 0.0525 e. The Bertz CT molecular complexity index is 250. The van der Waals surface area contributed by atoms with Gasteiger partial charge in [0.05, 0.1) is 3.42 Å². The molecule has 0 bridgehead atoms. The van der Waals surface area contributed by atoms with Gasteiger partial charge in [-0.05, 0) is 19.1 Å². The minimum Gasteiger partial charge on any atom is -0.399 e. The van der Waals surface area contributed by atoms with Gasteiger partial charge in [0.1, 0.15) is 0 Å². The topological polar surface area (TPSA) is 26.0 Å². The van der Waals surface area contributed by atoms with Gasteiger partial charge in [-0.2, -0.15) is 0 Å². The van der Waals surface area contributed by atoms with E-state index in [1.807, 2.05) is 18.2 Å².